The molecule has 0 unspecified atom stereocenters. The number of esters is 1. The van der Waals surface area contributed by atoms with Crippen LogP contribution in [0.5, 0.6) is 0 Å². The van der Waals surface area contributed by atoms with Gasteiger partial charge in [-0.1, -0.05) is 42.5 Å². The molecular weight excluding hydrogens is 351 g/mol. The summed E-state index contributed by atoms with van der Waals surface area (Å²) in [5, 5.41) is 2.47. The van der Waals surface area contributed by atoms with Crippen LogP contribution in [0.4, 0.5) is 13.2 Å². The topological polar surface area (TPSA) is 39.2 Å². The van der Waals surface area contributed by atoms with Crippen molar-refractivity contribution in [1.29, 1.82) is 0 Å². The van der Waals surface area contributed by atoms with E-state index in [1.165, 1.54) is 23.5 Å². The van der Waals surface area contributed by atoms with Gasteiger partial charge in [-0.3, -0.25) is 0 Å². The van der Waals surface area contributed by atoms with Crippen LogP contribution in [0.15, 0.2) is 60.0 Å². The van der Waals surface area contributed by atoms with Crippen molar-refractivity contribution < 1.29 is 22.7 Å². The summed E-state index contributed by atoms with van der Waals surface area (Å²) in [5.74, 6) is -1.03. The monoisotopic (exact) mass is 363 g/mol. The van der Waals surface area contributed by atoms with Crippen LogP contribution >= 0.6 is 11.3 Å². The molecule has 25 heavy (non-hydrogen) atoms. The van der Waals surface area contributed by atoms with Crippen molar-refractivity contribution in [2.75, 3.05) is 0 Å². The molecule has 2 aromatic carbocycles. The summed E-state index contributed by atoms with van der Waals surface area (Å²) >= 11 is 1.38. The normalized spacial score (nSPS) is 11.3. The molecule has 1 heterocycles. The molecule has 0 fully saturated rings. The van der Waals surface area contributed by atoms with Gasteiger partial charge in [-0.2, -0.15) is 13.2 Å². The second-order valence-corrected chi connectivity index (χ2v) is 5.99. The van der Waals surface area contributed by atoms with Crippen molar-refractivity contribution in [3.8, 4) is 10.6 Å². The largest absolute Gasteiger partial charge is 0.456 e. The first-order valence-corrected chi connectivity index (χ1v) is 8.16. The number of aromatic nitrogens is 1. The van der Waals surface area contributed by atoms with Crippen LogP contribution in [0.3, 0.4) is 0 Å². The maximum atomic E-state index is 12.9. The average Bonchev–Trinajstić information content (AvgIpc) is 3.09. The van der Waals surface area contributed by atoms with Gasteiger partial charge in [0.2, 0.25) is 0 Å². The fourth-order valence-corrected chi connectivity index (χ4v) is 3.02. The second kappa shape index (κ2) is 7.06. The quantitative estimate of drug-likeness (QED) is 0.599. The van der Waals surface area contributed by atoms with Gasteiger partial charge in [-0.15, -0.1) is 11.3 Å². The Labute approximate surface area is 145 Å². The summed E-state index contributed by atoms with van der Waals surface area (Å²) in [6, 6.07) is 14.0. The molecule has 1 aromatic heterocycles. The van der Waals surface area contributed by atoms with Gasteiger partial charge in [-0.25, -0.2) is 9.78 Å². The number of benzene rings is 2. The standard InChI is InChI=1S/C18H12F3NO2S/c19-18(20,21)15-9-5-4-8-14(15)17(23)24-10-13-11-25-16(22-13)12-6-2-1-3-7-12/h1-9,11H,10H2. The molecule has 128 valence electrons. The van der Waals surface area contributed by atoms with Gasteiger partial charge < -0.3 is 4.74 Å². The first-order valence-electron chi connectivity index (χ1n) is 7.28. The Hall–Kier alpha value is -2.67. The molecule has 0 amide bonds. The van der Waals surface area contributed by atoms with Gasteiger partial charge in [0, 0.05) is 10.9 Å². The third-order valence-corrected chi connectivity index (χ3v) is 4.32. The molecule has 0 saturated heterocycles. The molecule has 0 bridgehead atoms. The van der Waals surface area contributed by atoms with Crippen molar-refractivity contribution in [3.63, 3.8) is 0 Å². The Morgan fingerprint density at radius 2 is 1.72 bits per heavy atom. The van der Waals surface area contributed by atoms with Crippen LogP contribution < -0.4 is 0 Å². The average molecular weight is 363 g/mol. The molecule has 0 aliphatic heterocycles. The summed E-state index contributed by atoms with van der Waals surface area (Å²) in [4.78, 5) is 16.4. The van der Waals surface area contributed by atoms with Crippen molar-refractivity contribution in [3.05, 3.63) is 76.8 Å². The maximum Gasteiger partial charge on any atom is 0.417 e. The van der Waals surface area contributed by atoms with E-state index in [-0.39, 0.29) is 6.61 Å². The van der Waals surface area contributed by atoms with Crippen LogP contribution in [-0.4, -0.2) is 11.0 Å². The summed E-state index contributed by atoms with van der Waals surface area (Å²) in [7, 11) is 0. The van der Waals surface area contributed by atoms with Gasteiger partial charge in [0.25, 0.3) is 0 Å². The number of halogens is 3. The van der Waals surface area contributed by atoms with E-state index in [4.69, 9.17) is 4.74 Å². The zero-order chi connectivity index (χ0) is 17.9. The van der Waals surface area contributed by atoms with Crippen molar-refractivity contribution >= 4 is 17.3 Å². The summed E-state index contributed by atoms with van der Waals surface area (Å²) in [5.41, 5.74) is -0.106. The minimum absolute atomic E-state index is 0.186. The number of alkyl halides is 3. The molecule has 0 spiro atoms. The Balaban J connectivity index is 1.71. The number of hydrogen-bond donors (Lipinski definition) is 0. The van der Waals surface area contributed by atoms with E-state index < -0.39 is 23.3 Å². The second-order valence-electron chi connectivity index (χ2n) is 5.13. The fraction of sp³-hybridized carbons (Fsp3) is 0.111. The lowest BCUT2D eigenvalue weighted by Crippen LogP contribution is -2.15. The molecule has 0 radical (unpaired) electrons. The minimum atomic E-state index is -4.61. The Morgan fingerprint density at radius 1 is 1.04 bits per heavy atom. The highest BCUT2D eigenvalue weighted by atomic mass is 32.1. The smallest absolute Gasteiger partial charge is 0.417 e. The van der Waals surface area contributed by atoms with Crippen LogP contribution in [0.1, 0.15) is 21.6 Å². The van der Waals surface area contributed by atoms with Crippen molar-refractivity contribution in [2.24, 2.45) is 0 Å². The zero-order valence-electron chi connectivity index (χ0n) is 12.8. The lowest BCUT2D eigenvalue weighted by molar-refractivity contribution is -0.138. The number of hydrogen-bond acceptors (Lipinski definition) is 4. The van der Waals surface area contributed by atoms with E-state index in [0.717, 1.165) is 22.7 Å². The predicted molar refractivity (Wildman–Crippen MR) is 88.1 cm³/mol. The van der Waals surface area contributed by atoms with Gasteiger partial charge >= 0.3 is 12.1 Å². The van der Waals surface area contributed by atoms with Gasteiger partial charge in [-0.05, 0) is 12.1 Å². The maximum absolute atomic E-state index is 12.9. The first-order chi connectivity index (χ1) is 11.9. The number of ether oxygens (including phenoxy) is 1. The lowest BCUT2D eigenvalue weighted by atomic mass is 10.1. The number of thiazole rings is 1. The summed E-state index contributed by atoms with van der Waals surface area (Å²) in [6.45, 7) is -0.186. The number of nitrogens with zero attached hydrogens (tertiary/aromatic N) is 1. The summed E-state index contributed by atoms with van der Waals surface area (Å²) < 4.78 is 43.8. The minimum Gasteiger partial charge on any atom is -0.456 e. The van der Waals surface area contributed by atoms with Gasteiger partial charge in [0.1, 0.15) is 11.6 Å². The molecule has 0 atom stereocenters. The van der Waals surface area contributed by atoms with E-state index >= 15 is 0 Å². The van der Waals surface area contributed by atoms with E-state index in [2.05, 4.69) is 4.98 Å². The third kappa shape index (κ3) is 4.06. The van der Waals surface area contributed by atoms with Crippen molar-refractivity contribution in [1.82, 2.24) is 4.98 Å². The van der Waals surface area contributed by atoms with Crippen LogP contribution in [0.2, 0.25) is 0 Å². The van der Waals surface area contributed by atoms with E-state index in [0.29, 0.717) is 5.69 Å². The van der Waals surface area contributed by atoms with Crippen molar-refractivity contribution in [2.45, 2.75) is 12.8 Å². The number of carbonyl (C=O) groups excluding carboxylic acids is 1. The molecule has 0 aliphatic carbocycles. The third-order valence-electron chi connectivity index (χ3n) is 3.38. The van der Waals surface area contributed by atoms with Gasteiger partial charge in [0.15, 0.2) is 0 Å². The lowest BCUT2D eigenvalue weighted by Gasteiger charge is -2.11. The van der Waals surface area contributed by atoms with E-state index in [1.807, 2.05) is 30.3 Å². The molecule has 3 rings (SSSR count). The molecule has 0 aliphatic rings. The highest BCUT2D eigenvalue weighted by Crippen LogP contribution is 2.32. The van der Waals surface area contributed by atoms with Gasteiger partial charge in [0.05, 0.1) is 16.8 Å². The molecule has 0 saturated carbocycles. The van der Waals surface area contributed by atoms with Crippen LogP contribution in [0, 0.1) is 0 Å². The van der Waals surface area contributed by atoms with E-state index in [1.54, 1.807) is 5.38 Å². The Bertz CT molecular complexity index is 875. The molecule has 3 aromatic rings. The molecule has 3 nitrogen and oxygen atoms in total. The zero-order valence-corrected chi connectivity index (χ0v) is 13.6. The molecule has 0 N–H and O–H groups in total. The fourth-order valence-electron chi connectivity index (χ4n) is 2.21. The summed E-state index contributed by atoms with van der Waals surface area (Å²) in [6.07, 6.45) is -4.61. The van der Waals surface area contributed by atoms with Crippen LogP contribution in [0.25, 0.3) is 10.6 Å². The SMILES string of the molecule is O=C(OCc1csc(-c2ccccc2)n1)c1ccccc1C(F)(F)F. The molecule has 7 heteroatoms. The Morgan fingerprint density at radius 3 is 2.44 bits per heavy atom. The number of carbonyl (C=O) groups is 1. The Kier molecular flexibility index (Phi) is 4.85. The van der Waals surface area contributed by atoms with E-state index in [9.17, 15) is 18.0 Å². The first kappa shape index (κ1) is 17.2. The highest BCUT2D eigenvalue weighted by molar-refractivity contribution is 7.13. The highest BCUT2D eigenvalue weighted by Gasteiger charge is 2.35. The van der Waals surface area contributed by atoms with Crippen LogP contribution in [-0.2, 0) is 17.5 Å². The number of rotatable bonds is 4. The molecular formula is C18H12F3NO2S. The predicted octanol–water partition coefficient (Wildman–Crippen LogP) is 5.19.